The molecule has 25 heavy (non-hydrogen) atoms. The maximum absolute atomic E-state index is 12.6. The van der Waals surface area contributed by atoms with Gasteiger partial charge in [0.25, 0.3) is 21.9 Å². The van der Waals surface area contributed by atoms with E-state index >= 15 is 0 Å². The lowest BCUT2D eigenvalue weighted by molar-refractivity contribution is -0.137. The standard InChI is InChI=1S/C16H13NO7S/c18-13(19)5-2-8-17-15(20)10-4-1-3-9-12(25(22,23)24)7-6-11(14(9)10)16(17)21/h1,3-4,6-7H,2,5,8H2,(H,18,19)(H,22,23,24). The maximum atomic E-state index is 12.6. The molecule has 1 aliphatic heterocycles. The van der Waals surface area contributed by atoms with Gasteiger partial charge in [-0.05, 0) is 24.6 Å². The van der Waals surface area contributed by atoms with E-state index in [1.165, 1.54) is 24.3 Å². The van der Waals surface area contributed by atoms with Crippen LogP contribution < -0.4 is 0 Å². The monoisotopic (exact) mass is 363 g/mol. The second kappa shape index (κ2) is 5.94. The molecule has 1 aliphatic rings. The second-order valence-electron chi connectivity index (χ2n) is 5.57. The number of carbonyl (C=O) groups excluding carboxylic acids is 2. The molecule has 2 N–H and O–H groups in total. The smallest absolute Gasteiger partial charge is 0.303 e. The quantitative estimate of drug-likeness (QED) is 0.609. The van der Waals surface area contributed by atoms with Crippen LogP contribution in [0.3, 0.4) is 0 Å². The van der Waals surface area contributed by atoms with Gasteiger partial charge in [0.1, 0.15) is 4.90 Å². The lowest BCUT2D eigenvalue weighted by Gasteiger charge is -2.27. The molecule has 1 heterocycles. The van der Waals surface area contributed by atoms with Crippen LogP contribution in [0.1, 0.15) is 33.6 Å². The van der Waals surface area contributed by atoms with Crippen molar-refractivity contribution in [3.05, 3.63) is 41.5 Å². The molecule has 9 heteroatoms. The van der Waals surface area contributed by atoms with Gasteiger partial charge in [0, 0.05) is 34.9 Å². The summed E-state index contributed by atoms with van der Waals surface area (Å²) in [5.74, 6) is -2.28. The molecule has 2 amide bonds. The normalized spacial score (nSPS) is 14.2. The van der Waals surface area contributed by atoms with Gasteiger partial charge in [-0.25, -0.2) is 0 Å². The van der Waals surface area contributed by atoms with Crippen LogP contribution in [0.25, 0.3) is 10.8 Å². The van der Waals surface area contributed by atoms with Crippen LogP contribution in [0.2, 0.25) is 0 Å². The summed E-state index contributed by atoms with van der Waals surface area (Å²) in [6, 6.07) is 6.68. The van der Waals surface area contributed by atoms with E-state index in [0.29, 0.717) is 0 Å². The zero-order valence-electron chi connectivity index (χ0n) is 12.8. The number of benzene rings is 2. The molecule has 0 radical (unpaired) electrons. The Bertz CT molecular complexity index is 1000. The van der Waals surface area contributed by atoms with E-state index in [1.807, 2.05) is 0 Å². The van der Waals surface area contributed by atoms with E-state index in [1.54, 1.807) is 0 Å². The Morgan fingerprint density at radius 2 is 1.68 bits per heavy atom. The molecular weight excluding hydrogens is 350 g/mol. The summed E-state index contributed by atoms with van der Waals surface area (Å²) in [4.78, 5) is 36.4. The van der Waals surface area contributed by atoms with E-state index in [-0.39, 0.29) is 46.2 Å². The maximum Gasteiger partial charge on any atom is 0.303 e. The molecule has 0 bridgehead atoms. The van der Waals surface area contributed by atoms with Gasteiger partial charge in [-0.1, -0.05) is 12.1 Å². The molecule has 0 spiro atoms. The van der Waals surface area contributed by atoms with Gasteiger partial charge >= 0.3 is 5.97 Å². The van der Waals surface area contributed by atoms with Gasteiger partial charge in [-0.3, -0.25) is 23.8 Å². The van der Waals surface area contributed by atoms with E-state index in [4.69, 9.17) is 5.11 Å². The van der Waals surface area contributed by atoms with Crippen LogP contribution >= 0.6 is 0 Å². The van der Waals surface area contributed by atoms with Crippen molar-refractivity contribution < 1.29 is 32.5 Å². The van der Waals surface area contributed by atoms with Crippen molar-refractivity contribution in [1.82, 2.24) is 4.90 Å². The fraction of sp³-hybridized carbons (Fsp3) is 0.188. The van der Waals surface area contributed by atoms with Gasteiger partial charge in [-0.2, -0.15) is 8.42 Å². The first-order valence-corrected chi connectivity index (χ1v) is 8.77. The van der Waals surface area contributed by atoms with Crippen LogP contribution in [0.4, 0.5) is 0 Å². The zero-order chi connectivity index (χ0) is 18.4. The highest BCUT2D eigenvalue weighted by atomic mass is 32.2. The van der Waals surface area contributed by atoms with Crippen LogP contribution in [-0.2, 0) is 14.9 Å². The second-order valence-corrected chi connectivity index (χ2v) is 6.96. The fourth-order valence-corrected chi connectivity index (χ4v) is 3.62. The first-order chi connectivity index (χ1) is 11.7. The number of hydrogen-bond acceptors (Lipinski definition) is 5. The van der Waals surface area contributed by atoms with Crippen molar-refractivity contribution in [1.29, 1.82) is 0 Å². The van der Waals surface area contributed by atoms with Crippen molar-refractivity contribution in [3.8, 4) is 0 Å². The largest absolute Gasteiger partial charge is 0.481 e. The number of imide groups is 1. The number of carboxylic acids is 1. The van der Waals surface area contributed by atoms with E-state index in [0.717, 1.165) is 11.0 Å². The number of amides is 2. The molecule has 130 valence electrons. The first-order valence-electron chi connectivity index (χ1n) is 7.33. The summed E-state index contributed by atoms with van der Waals surface area (Å²) in [6.45, 7) is -0.0557. The molecule has 0 atom stereocenters. The fourth-order valence-electron chi connectivity index (χ4n) is 2.94. The summed E-state index contributed by atoms with van der Waals surface area (Å²) in [7, 11) is -4.52. The number of aliphatic carboxylic acids is 1. The number of carbonyl (C=O) groups is 3. The lowest BCUT2D eigenvalue weighted by atomic mass is 9.94. The summed E-state index contributed by atoms with van der Waals surface area (Å²) in [6.07, 6.45) is -0.0724. The molecule has 2 aromatic carbocycles. The Morgan fingerprint density at radius 1 is 1.04 bits per heavy atom. The van der Waals surface area contributed by atoms with E-state index in [9.17, 15) is 27.4 Å². The van der Waals surface area contributed by atoms with Gasteiger partial charge in [0.15, 0.2) is 0 Å². The SMILES string of the molecule is O=C(O)CCCN1C(=O)c2cccc3c(S(=O)(=O)O)ccc(c23)C1=O. The van der Waals surface area contributed by atoms with Crippen LogP contribution in [-0.4, -0.2) is 47.3 Å². The topological polar surface area (TPSA) is 129 Å². The molecule has 2 aromatic rings. The average molecular weight is 363 g/mol. The molecule has 0 saturated carbocycles. The van der Waals surface area contributed by atoms with Gasteiger partial charge in [0.05, 0.1) is 0 Å². The number of carboxylic acid groups (broad SMARTS) is 1. The summed E-state index contributed by atoms with van der Waals surface area (Å²) < 4.78 is 32.4. The molecule has 0 saturated heterocycles. The summed E-state index contributed by atoms with van der Waals surface area (Å²) >= 11 is 0. The third kappa shape index (κ3) is 2.87. The summed E-state index contributed by atoms with van der Waals surface area (Å²) in [5, 5.41) is 8.95. The molecule has 0 aliphatic carbocycles. The highest BCUT2D eigenvalue weighted by molar-refractivity contribution is 7.86. The van der Waals surface area contributed by atoms with E-state index < -0.39 is 27.9 Å². The minimum atomic E-state index is -4.52. The minimum Gasteiger partial charge on any atom is -0.481 e. The van der Waals surface area contributed by atoms with Gasteiger partial charge in [-0.15, -0.1) is 0 Å². The van der Waals surface area contributed by atoms with Crippen molar-refractivity contribution in [2.75, 3.05) is 6.54 Å². The molecular formula is C16H13NO7S. The molecule has 3 rings (SSSR count). The van der Waals surface area contributed by atoms with Crippen molar-refractivity contribution >= 4 is 38.7 Å². The van der Waals surface area contributed by atoms with Crippen molar-refractivity contribution in [2.24, 2.45) is 0 Å². The minimum absolute atomic E-state index is 0.0557. The number of rotatable bonds is 5. The van der Waals surface area contributed by atoms with Crippen molar-refractivity contribution in [2.45, 2.75) is 17.7 Å². The third-order valence-corrected chi connectivity index (χ3v) is 4.91. The summed E-state index contributed by atoms with van der Waals surface area (Å²) in [5.41, 5.74) is 0.265. The highest BCUT2D eigenvalue weighted by Gasteiger charge is 2.34. The Balaban J connectivity index is 2.14. The molecule has 8 nitrogen and oxygen atoms in total. The van der Waals surface area contributed by atoms with Gasteiger partial charge < -0.3 is 5.11 Å². The Labute approximate surface area is 142 Å². The van der Waals surface area contributed by atoms with Gasteiger partial charge in [0.2, 0.25) is 0 Å². The predicted molar refractivity (Wildman–Crippen MR) is 86.0 cm³/mol. The van der Waals surface area contributed by atoms with Crippen LogP contribution in [0.5, 0.6) is 0 Å². The lowest BCUT2D eigenvalue weighted by Crippen LogP contribution is -2.41. The van der Waals surface area contributed by atoms with Crippen LogP contribution in [0.15, 0.2) is 35.2 Å². The Morgan fingerprint density at radius 3 is 2.28 bits per heavy atom. The van der Waals surface area contributed by atoms with E-state index in [2.05, 4.69) is 0 Å². The Hall–Kier alpha value is -2.78. The van der Waals surface area contributed by atoms with Crippen molar-refractivity contribution in [3.63, 3.8) is 0 Å². The van der Waals surface area contributed by atoms with Crippen LogP contribution in [0, 0.1) is 0 Å². The molecule has 0 fully saturated rings. The number of nitrogens with zero attached hydrogens (tertiary/aromatic N) is 1. The Kier molecular flexibility index (Phi) is 4.05. The zero-order valence-corrected chi connectivity index (χ0v) is 13.6. The predicted octanol–water partition coefficient (Wildman–Crippen LogP) is 1.55. The average Bonchev–Trinajstić information content (AvgIpc) is 2.53. The first kappa shape index (κ1) is 17.1. The highest BCUT2D eigenvalue weighted by Crippen LogP contribution is 2.33. The third-order valence-electron chi connectivity index (χ3n) is 4.00. The molecule has 0 unspecified atom stereocenters. The molecule has 0 aromatic heterocycles. The number of hydrogen-bond donors (Lipinski definition) is 2.